The second-order valence-electron chi connectivity index (χ2n) is 5.71. The summed E-state index contributed by atoms with van der Waals surface area (Å²) in [4.78, 5) is 12.7. The Hall–Kier alpha value is -2.87. The van der Waals surface area contributed by atoms with E-state index in [1.54, 1.807) is 25.3 Å². The van der Waals surface area contributed by atoms with E-state index in [9.17, 15) is 13.2 Å². The zero-order valence-corrected chi connectivity index (χ0v) is 14.9. The number of hydrogen-bond acceptors (Lipinski definition) is 5. The van der Waals surface area contributed by atoms with Gasteiger partial charge in [0, 0.05) is 23.0 Å². The van der Waals surface area contributed by atoms with Crippen molar-refractivity contribution in [2.45, 2.75) is 19.6 Å². The predicted octanol–water partition coefficient (Wildman–Crippen LogP) is 5.21. The van der Waals surface area contributed by atoms with Crippen LogP contribution in [0.1, 0.15) is 17.0 Å². The summed E-state index contributed by atoms with van der Waals surface area (Å²) < 4.78 is 39.7. The maximum absolute atomic E-state index is 13.2. The number of alkyl halides is 3. The van der Waals surface area contributed by atoms with E-state index in [1.165, 1.54) is 12.1 Å². The van der Waals surface area contributed by atoms with Crippen molar-refractivity contribution in [1.82, 2.24) is 15.0 Å². The van der Waals surface area contributed by atoms with Gasteiger partial charge in [0.25, 0.3) is 0 Å². The number of rotatable bonds is 5. The fourth-order valence-electron chi connectivity index (χ4n) is 2.38. The number of nitrogens with zero attached hydrogens (tertiary/aromatic N) is 3. The van der Waals surface area contributed by atoms with E-state index in [4.69, 9.17) is 11.6 Å². The molecule has 0 amide bonds. The summed E-state index contributed by atoms with van der Waals surface area (Å²) in [5, 5.41) is 5.72. The van der Waals surface area contributed by atoms with Gasteiger partial charge in [0.1, 0.15) is 5.82 Å². The van der Waals surface area contributed by atoms with E-state index in [0.717, 1.165) is 11.8 Å². The van der Waals surface area contributed by atoms with Crippen LogP contribution in [-0.2, 0) is 12.7 Å². The highest BCUT2D eigenvalue weighted by molar-refractivity contribution is 6.30. The van der Waals surface area contributed by atoms with Crippen LogP contribution in [0.4, 0.5) is 30.6 Å². The molecule has 0 unspecified atom stereocenters. The first-order chi connectivity index (χ1) is 12.8. The van der Waals surface area contributed by atoms with Crippen LogP contribution in [0.3, 0.4) is 0 Å². The van der Waals surface area contributed by atoms with Gasteiger partial charge in [-0.2, -0.15) is 18.2 Å². The van der Waals surface area contributed by atoms with Crippen LogP contribution < -0.4 is 10.6 Å². The maximum Gasteiger partial charge on any atom is 0.418 e. The summed E-state index contributed by atoms with van der Waals surface area (Å²) in [6.45, 7) is 2.11. The first-order valence-corrected chi connectivity index (χ1v) is 8.32. The highest BCUT2D eigenvalue weighted by atomic mass is 35.5. The Balaban J connectivity index is 1.83. The molecule has 0 atom stereocenters. The van der Waals surface area contributed by atoms with E-state index in [1.807, 2.05) is 12.1 Å². The highest BCUT2D eigenvalue weighted by Gasteiger charge is 2.34. The Morgan fingerprint density at radius 1 is 1.07 bits per heavy atom. The smallest absolute Gasteiger partial charge is 0.349 e. The third-order valence-electron chi connectivity index (χ3n) is 3.56. The molecule has 2 N–H and O–H groups in total. The van der Waals surface area contributed by atoms with Gasteiger partial charge in [0.2, 0.25) is 5.95 Å². The van der Waals surface area contributed by atoms with E-state index in [0.29, 0.717) is 12.2 Å². The molecule has 0 radical (unpaired) electrons. The molecule has 0 aliphatic heterocycles. The minimum Gasteiger partial charge on any atom is -0.349 e. The van der Waals surface area contributed by atoms with Crippen molar-refractivity contribution in [1.29, 1.82) is 0 Å². The first kappa shape index (κ1) is 18.9. The molecular weight excluding hydrogens is 379 g/mol. The lowest BCUT2D eigenvalue weighted by Gasteiger charge is -2.15. The molecule has 3 aromatic rings. The minimum atomic E-state index is -4.55. The van der Waals surface area contributed by atoms with Gasteiger partial charge in [-0.3, -0.25) is 4.98 Å². The van der Waals surface area contributed by atoms with Crippen LogP contribution in [0.25, 0.3) is 0 Å². The lowest BCUT2D eigenvalue weighted by Crippen LogP contribution is -2.10. The molecule has 1 aromatic carbocycles. The van der Waals surface area contributed by atoms with Crippen molar-refractivity contribution in [3.05, 3.63) is 70.6 Å². The molecule has 0 spiro atoms. The summed E-state index contributed by atoms with van der Waals surface area (Å²) in [7, 11) is 0. The van der Waals surface area contributed by atoms with Crippen LogP contribution in [0.15, 0.2) is 48.7 Å². The number of aromatic nitrogens is 3. The predicted molar refractivity (Wildman–Crippen MR) is 98.1 cm³/mol. The SMILES string of the molecule is Cc1cc(Nc2ccc(Cl)cc2C(F)(F)F)nc(NCc2ccccn2)n1. The van der Waals surface area contributed by atoms with Crippen molar-refractivity contribution in [3.63, 3.8) is 0 Å². The van der Waals surface area contributed by atoms with E-state index >= 15 is 0 Å². The Labute approximate surface area is 158 Å². The molecule has 0 aliphatic carbocycles. The molecule has 0 saturated carbocycles. The van der Waals surface area contributed by atoms with Gasteiger partial charge < -0.3 is 10.6 Å². The zero-order valence-electron chi connectivity index (χ0n) is 14.2. The minimum absolute atomic E-state index is 0.00413. The molecule has 2 aromatic heterocycles. The quantitative estimate of drug-likeness (QED) is 0.623. The molecule has 5 nitrogen and oxygen atoms in total. The average Bonchev–Trinajstić information content (AvgIpc) is 2.61. The molecule has 0 saturated heterocycles. The standard InChI is InChI=1S/C18H15ClF3N5/c1-11-8-16(26-15-6-5-12(19)9-14(15)18(20,21)22)27-17(25-11)24-10-13-4-2-3-7-23-13/h2-9H,10H2,1H3,(H2,24,25,26,27). The fraction of sp³-hybridized carbons (Fsp3) is 0.167. The number of nitrogens with one attached hydrogen (secondary N) is 2. The fourth-order valence-corrected chi connectivity index (χ4v) is 2.55. The van der Waals surface area contributed by atoms with Crippen LogP contribution in [-0.4, -0.2) is 15.0 Å². The molecule has 140 valence electrons. The number of benzene rings is 1. The Morgan fingerprint density at radius 3 is 2.59 bits per heavy atom. The third kappa shape index (κ3) is 5.07. The summed E-state index contributed by atoms with van der Waals surface area (Å²) in [5.74, 6) is 0.518. The summed E-state index contributed by atoms with van der Waals surface area (Å²) in [6, 6.07) is 10.6. The lowest BCUT2D eigenvalue weighted by molar-refractivity contribution is -0.136. The molecule has 9 heteroatoms. The van der Waals surface area contributed by atoms with Gasteiger partial charge in [0.15, 0.2) is 0 Å². The van der Waals surface area contributed by atoms with Crippen molar-refractivity contribution in [2.24, 2.45) is 0 Å². The third-order valence-corrected chi connectivity index (χ3v) is 3.79. The number of hydrogen-bond donors (Lipinski definition) is 2. The zero-order chi connectivity index (χ0) is 19.4. The highest BCUT2D eigenvalue weighted by Crippen LogP contribution is 2.37. The van der Waals surface area contributed by atoms with Gasteiger partial charge in [-0.15, -0.1) is 0 Å². The van der Waals surface area contributed by atoms with E-state index in [2.05, 4.69) is 25.6 Å². The maximum atomic E-state index is 13.2. The second-order valence-corrected chi connectivity index (χ2v) is 6.14. The second kappa shape index (κ2) is 7.79. The van der Waals surface area contributed by atoms with Gasteiger partial charge in [0.05, 0.1) is 23.5 Å². The molecule has 2 heterocycles. The average molecular weight is 394 g/mol. The number of pyridine rings is 1. The lowest BCUT2D eigenvalue weighted by atomic mass is 10.1. The molecular formula is C18H15ClF3N5. The van der Waals surface area contributed by atoms with Gasteiger partial charge in [-0.1, -0.05) is 17.7 Å². The van der Waals surface area contributed by atoms with Crippen LogP contribution in [0.2, 0.25) is 5.02 Å². The molecule has 27 heavy (non-hydrogen) atoms. The van der Waals surface area contributed by atoms with E-state index in [-0.39, 0.29) is 22.5 Å². The van der Waals surface area contributed by atoms with Crippen molar-refractivity contribution in [2.75, 3.05) is 10.6 Å². The van der Waals surface area contributed by atoms with E-state index < -0.39 is 11.7 Å². The van der Waals surface area contributed by atoms with Crippen LogP contribution in [0.5, 0.6) is 0 Å². The Bertz CT molecular complexity index is 932. The number of halogens is 4. The normalized spacial score (nSPS) is 11.3. The first-order valence-electron chi connectivity index (χ1n) is 7.94. The molecule has 0 aliphatic rings. The molecule has 0 fully saturated rings. The summed E-state index contributed by atoms with van der Waals surface area (Å²) >= 11 is 5.71. The van der Waals surface area contributed by atoms with Crippen molar-refractivity contribution < 1.29 is 13.2 Å². The van der Waals surface area contributed by atoms with Crippen molar-refractivity contribution in [3.8, 4) is 0 Å². The van der Waals surface area contributed by atoms with Gasteiger partial charge in [-0.25, -0.2) is 4.98 Å². The number of anilines is 3. The van der Waals surface area contributed by atoms with Crippen LogP contribution >= 0.6 is 11.6 Å². The largest absolute Gasteiger partial charge is 0.418 e. The van der Waals surface area contributed by atoms with Gasteiger partial charge in [-0.05, 0) is 37.3 Å². The van der Waals surface area contributed by atoms with Gasteiger partial charge >= 0.3 is 6.18 Å². The molecule has 3 rings (SSSR count). The Kier molecular flexibility index (Phi) is 5.46. The van der Waals surface area contributed by atoms with Crippen molar-refractivity contribution >= 4 is 29.1 Å². The molecule has 0 bridgehead atoms. The van der Waals surface area contributed by atoms with Crippen LogP contribution in [0, 0.1) is 6.92 Å². The summed E-state index contributed by atoms with van der Waals surface area (Å²) in [5.41, 5.74) is 0.377. The summed E-state index contributed by atoms with van der Waals surface area (Å²) in [6.07, 6.45) is -2.88. The monoisotopic (exact) mass is 393 g/mol. The Morgan fingerprint density at radius 2 is 1.89 bits per heavy atom. The number of aryl methyl sites for hydroxylation is 1. The topological polar surface area (TPSA) is 62.7 Å².